The van der Waals surface area contributed by atoms with Crippen molar-refractivity contribution in [2.75, 3.05) is 0 Å². The van der Waals surface area contributed by atoms with E-state index < -0.39 is 60.4 Å². The van der Waals surface area contributed by atoms with E-state index in [4.69, 9.17) is 27.8 Å². The number of fused-ring (bicyclic) bond motifs is 7. The second kappa shape index (κ2) is 16.4. The van der Waals surface area contributed by atoms with E-state index in [1.54, 1.807) is 63.9 Å². The summed E-state index contributed by atoms with van der Waals surface area (Å²) in [5.74, 6) is 1.32. The minimum atomic E-state index is -0.596. The summed E-state index contributed by atoms with van der Waals surface area (Å²) >= 11 is 0. The Kier molecular flexibility index (Phi) is 7.79. The molecule has 8 aromatic carbocycles. The number of para-hydroxylation sites is 2. The molecule has 0 aliphatic heterocycles. The van der Waals surface area contributed by atoms with E-state index in [1.165, 1.54) is 0 Å². The van der Waals surface area contributed by atoms with Crippen LogP contribution in [0.2, 0.25) is 0 Å². The smallest absolute Gasteiger partial charge is 0.268 e. The van der Waals surface area contributed by atoms with E-state index in [0.29, 0.717) is 61.7 Å². The monoisotopic (exact) mass is 1050 g/mol. The minimum Gasteiger partial charge on any atom is -0.510 e. The molecule has 0 atom stereocenters. The number of pyridine rings is 1. The molecule has 0 spiro atoms. The van der Waals surface area contributed by atoms with Gasteiger partial charge in [0.25, 0.3) is 6.33 Å². The van der Waals surface area contributed by atoms with Gasteiger partial charge in [-0.05, 0) is 92.8 Å². The Hall–Kier alpha value is -8.04. The summed E-state index contributed by atoms with van der Waals surface area (Å²) in [4.78, 5) is 4.79. The predicted octanol–water partition coefficient (Wildman–Crippen LogP) is 14.0. The molecule has 12 rings (SSSR count). The van der Waals surface area contributed by atoms with E-state index >= 15 is 0 Å². The maximum atomic E-state index is 9.86. The van der Waals surface area contributed by atoms with Crippen molar-refractivity contribution in [3.05, 3.63) is 211 Å². The van der Waals surface area contributed by atoms with Crippen LogP contribution >= 0.6 is 0 Å². The number of hydrogen-bond donors (Lipinski definition) is 0. The third kappa shape index (κ3) is 7.18. The van der Waals surface area contributed by atoms with Gasteiger partial charge in [0.05, 0.1) is 42.1 Å². The second-order valence-corrected chi connectivity index (χ2v) is 16.8. The van der Waals surface area contributed by atoms with Crippen molar-refractivity contribution in [1.29, 1.82) is 5.26 Å². The topological polar surface area (TPSA) is 72.8 Å². The van der Waals surface area contributed by atoms with Crippen LogP contribution in [0, 0.1) is 29.8 Å². The Morgan fingerprint density at radius 1 is 0.687 bits per heavy atom. The summed E-state index contributed by atoms with van der Waals surface area (Å²) in [6.07, 6.45) is 5.24. The number of hydrogen-bond acceptors (Lipinski definition) is 4. The molecule has 0 radical (unpaired) electrons. The first-order valence-electron chi connectivity index (χ1n) is 26.1. The molecule has 0 N–H and O–H groups in total. The number of nitriles is 1. The number of rotatable bonds is 7. The average Bonchev–Trinajstić information content (AvgIpc) is 4.28. The van der Waals surface area contributed by atoms with E-state index in [-0.39, 0.29) is 54.4 Å². The fourth-order valence-electron chi connectivity index (χ4n) is 8.67. The van der Waals surface area contributed by atoms with Gasteiger partial charge in [0.2, 0.25) is 0 Å². The quantitative estimate of drug-likeness (QED) is 0.118. The zero-order chi connectivity index (χ0) is 53.2. The molecule has 0 saturated carbocycles. The first-order valence-corrected chi connectivity index (χ1v) is 21.1. The molecule has 0 unspecified atom stereocenters. The van der Waals surface area contributed by atoms with Crippen LogP contribution < -0.4 is 9.30 Å². The van der Waals surface area contributed by atoms with Gasteiger partial charge in [0, 0.05) is 55.1 Å². The van der Waals surface area contributed by atoms with Crippen LogP contribution in [-0.2, 0) is 26.5 Å². The van der Waals surface area contributed by atoms with Crippen molar-refractivity contribution in [3.8, 4) is 57.0 Å². The van der Waals surface area contributed by atoms with Crippen molar-refractivity contribution < 1.29 is 48.5 Å². The van der Waals surface area contributed by atoms with Crippen molar-refractivity contribution >= 4 is 54.8 Å². The summed E-state index contributed by atoms with van der Waals surface area (Å²) in [6.45, 7) is 6.41. The number of imidazole rings is 1. The van der Waals surface area contributed by atoms with E-state index in [0.717, 1.165) is 27.2 Å². The van der Waals surface area contributed by atoms with Crippen LogP contribution in [0.1, 0.15) is 45.6 Å². The molecule has 7 nitrogen and oxygen atoms in total. The number of furan rings is 1. The molecule has 67 heavy (non-hydrogen) atoms. The number of ether oxygens (including phenoxy) is 1. The standard InChI is InChI=1S/C59H39N5O2.Pt/c1-59(2,3)41-28-29-61-57(31-41)64-51-27-24-38(36-60)30-49(51)47-26-25-44(33-52(47)64)65-43-19-12-18-42(32-43)62-37-63(53-34-50-48-20-10-11-23-55(48)66-56(50)35-54(53)62)58-45(39-14-6-4-7-15-39)21-13-22-46(58)40-16-8-5-9-17-40;/h4-31,34-35H,1-3H3;/q-2;/i4D,5D,6D,7D,8D,9D,14D,15D,16D,17D;. The fraction of sp³-hybridized carbons (Fsp3) is 0.0678. The molecule has 0 bridgehead atoms. The van der Waals surface area contributed by atoms with Crippen molar-refractivity contribution in [2.45, 2.75) is 26.2 Å². The molecule has 12 aromatic rings. The third-order valence-electron chi connectivity index (χ3n) is 11.8. The number of aromatic nitrogens is 4. The van der Waals surface area contributed by atoms with Crippen molar-refractivity contribution in [2.24, 2.45) is 0 Å². The molecule has 0 amide bonds. The molecule has 8 heteroatoms. The molecule has 324 valence electrons. The number of nitrogens with zero attached hydrogens (tertiary/aromatic N) is 5. The average molecular weight is 1060 g/mol. The van der Waals surface area contributed by atoms with Gasteiger partial charge in [-0.15, -0.1) is 29.7 Å². The maximum Gasteiger partial charge on any atom is 0.268 e. The van der Waals surface area contributed by atoms with Gasteiger partial charge in [0.1, 0.15) is 17.0 Å². The predicted molar refractivity (Wildman–Crippen MR) is 262 cm³/mol. The zero-order valence-electron chi connectivity index (χ0n) is 45.9. The molecule has 4 heterocycles. The van der Waals surface area contributed by atoms with E-state index in [2.05, 4.69) is 51.4 Å². The Bertz CT molecular complexity index is 4390. The van der Waals surface area contributed by atoms with Gasteiger partial charge in [0.15, 0.2) is 0 Å². The third-order valence-corrected chi connectivity index (χ3v) is 11.8. The van der Waals surface area contributed by atoms with Crippen LogP contribution in [0.3, 0.4) is 0 Å². The van der Waals surface area contributed by atoms with Gasteiger partial charge in [-0.25, -0.2) is 4.98 Å². The van der Waals surface area contributed by atoms with E-state index in [9.17, 15) is 5.26 Å². The molecule has 0 saturated heterocycles. The normalized spacial score (nSPS) is 13.8. The van der Waals surface area contributed by atoms with Crippen LogP contribution in [0.15, 0.2) is 186 Å². The van der Waals surface area contributed by atoms with Gasteiger partial charge in [-0.1, -0.05) is 123 Å². The number of benzene rings is 8. The second-order valence-electron chi connectivity index (χ2n) is 16.8. The van der Waals surface area contributed by atoms with Gasteiger partial charge in [-0.3, -0.25) is 4.57 Å². The Labute approximate surface area is 415 Å². The van der Waals surface area contributed by atoms with Crippen LogP contribution in [-0.4, -0.2) is 14.1 Å². The summed E-state index contributed by atoms with van der Waals surface area (Å²) in [7, 11) is 0. The fourth-order valence-corrected chi connectivity index (χ4v) is 8.67. The Balaban J connectivity index is 0.00000631. The van der Waals surface area contributed by atoms with Crippen LogP contribution in [0.5, 0.6) is 11.5 Å². The van der Waals surface area contributed by atoms with Crippen LogP contribution in [0.4, 0.5) is 0 Å². The summed E-state index contributed by atoms with van der Waals surface area (Å²) in [5.41, 5.74) is 5.42. The molecular formula is C59H39N5O2Pt-2. The largest absolute Gasteiger partial charge is 0.510 e. The molecule has 0 fully saturated rings. The summed E-state index contributed by atoms with van der Waals surface area (Å²) in [6, 6.07) is 38.2. The minimum absolute atomic E-state index is 0. The molecule has 4 aromatic heterocycles. The van der Waals surface area contributed by atoms with E-state index in [1.807, 2.05) is 65.2 Å². The van der Waals surface area contributed by atoms with Gasteiger partial charge < -0.3 is 18.3 Å². The molecular weight excluding hydrogens is 1010 g/mol. The van der Waals surface area contributed by atoms with Gasteiger partial charge in [-0.2, -0.15) is 23.5 Å². The SMILES string of the molecule is [2H]c1c([2H])c([2H])c(-c2cccc(-c3c([2H])c([2H])c([2H])c([2H])c3[2H])c2-[n+]2[c-]n(-c3[c-]c(Oc4[c-]c5c(cc4)c4cc(C#N)ccc4n5-c4cc(C(C)(C)C)ccn4)ccc3)c3cc4oc5ccccc5c4cc32)c([2H])c1[2H].[Pt]. The molecule has 0 aliphatic carbocycles. The van der Waals surface area contributed by atoms with Crippen LogP contribution in [0.25, 0.3) is 94.2 Å². The first-order chi connectivity index (χ1) is 36.4. The zero-order valence-corrected chi connectivity index (χ0v) is 38.2. The first kappa shape index (κ1) is 31.8. The summed E-state index contributed by atoms with van der Waals surface area (Å²) in [5, 5.41) is 13.0. The van der Waals surface area contributed by atoms with Gasteiger partial charge >= 0.3 is 0 Å². The Morgan fingerprint density at radius 2 is 1.42 bits per heavy atom. The maximum absolute atomic E-state index is 9.86. The Morgan fingerprint density at radius 3 is 2.16 bits per heavy atom. The summed E-state index contributed by atoms with van der Waals surface area (Å²) < 4.78 is 107. The van der Waals surface area contributed by atoms with Crippen molar-refractivity contribution in [1.82, 2.24) is 14.1 Å². The van der Waals surface area contributed by atoms with Crippen molar-refractivity contribution in [3.63, 3.8) is 0 Å². The molecule has 0 aliphatic rings.